The maximum atomic E-state index is 5.68. The summed E-state index contributed by atoms with van der Waals surface area (Å²) in [7, 11) is 2.01. The molecule has 0 aliphatic carbocycles. The number of rotatable bonds is 4. The van der Waals surface area contributed by atoms with Gasteiger partial charge in [-0.25, -0.2) is 0 Å². The molecule has 1 aromatic heterocycles. The molecule has 1 heterocycles. The van der Waals surface area contributed by atoms with Gasteiger partial charge in [-0.1, -0.05) is 26.0 Å². The van der Waals surface area contributed by atoms with Crippen molar-refractivity contribution >= 4 is 10.9 Å². The predicted octanol–water partition coefficient (Wildman–Crippen LogP) is 2.27. The first-order chi connectivity index (χ1) is 8.13. The zero-order chi connectivity index (χ0) is 12.4. The van der Waals surface area contributed by atoms with Crippen molar-refractivity contribution in [1.82, 2.24) is 9.78 Å². The van der Waals surface area contributed by atoms with Crippen molar-refractivity contribution in [2.24, 2.45) is 18.7 Å². The Balaban J connectivity index is 2.59. The Bertz CT molecular complexity index is 511. The van der Waals surface area contributed by atoms with Gasteiger partial charge in [0.15, 0.2) is 0 Å². The third kappa shape index (κ3) is 2.34. The van der Waals surface area contributed by atoms with Gasteiger partial charge in [-0.3, -0.25) is 4.68 Å². The van der Waals surface area contributed by atoms with E-state index in [-0.39, 0.29) is 0 Å². The van der Waals surface area contributed by atoms with Gasteiger partial charge in [-0.2, -0.15) is 5.10 Å². The van der Waals surface area contributed by atoms with Gasteiger partial charge >= 0.3 is 0 Å². The first kappa shape index (κ1) is 12.1. The second-order valence-electron chi connectivity index (χ2n) is 5.02. The van der Waals surface area contributed by atoms with Crippen molar-refractivity contribution in [3.05, 3.63) is 29.5 Å². The largest absolute Gasteiger partial charge is 0.330 e. The molecule has 0 fully saturated rings. The van der Waals surface area contributed by atoms with Crippen molar-refractivity contribution in [3.8, 4) is 0 Å². The standard InChI is InChI=1S/C14H21N3/c1-10(2)9-12-14-11(7-8-15)5-4-6-13(14)17(3)16-12/h4-6,10H,7-9,15H2,1-3H3. The van der Waals surface area contributed by atoms with Crippen LogP contribution in [0.15, 0.2) is 18.2 Å². The number of nitrogens with zero attached hydrogens (tertiary/aromatic N) is 2. The Kier molecular flexibility index (Phi) is 3.48. The van der Waals surface area contributed by atoms with Gasteiger partial charge in [0.2, 0.25) is 0 Å². The zero-order valence-electron chi connectivity index (χ0n) is 10.9. The van der Waals surface area contributed by atoms with Gasteiger partial charge < -0.3 is 5.73 Å². The molecule has 3 nitrogen and oxygen atoms in total. The summed E-state index contributed by atoms with van der Waals surface area (Å²) in [5.74, 6) is 0.624. The zero-order valence-corrected chi connectivity index (χ0v) is 10.9. The van der Waals surface area contributed by atoms with Gasteiger partial charge in [-0.15, -0.1) is 0 Å². The molecule has 0 amide bonds. The summed E-state index contributed by atoms with van der Waals surface area (Å²) in [6.07, 6.45) is 1.95. The third-order valence-corrected chi connectivity index (χ3v) is 3.05. The summed E-state index contributed by atoms with van der Waals surface area (Å²) in [5.41, 5.74) is 9.43. The number of nitrogens with two attached hydrogens (primary N) is 1. The number of hydrogen-bond acceptors (Lipinski definition) is 2. The van der Waals surface area contributed by atoms with Crippen molar-refractivity contribution < 1.29 is 0 Å². The molecule has 0 bridgehead atoms. The molecule has 92 valence electrons. The normalized spacial score (nSPS) is 11.6. The third-order valence-electron chi connectivity index (χ3n) is 3.05. The molecule has 2 N–H and O–H groups in total. The van der Waals surface area contributed by atoms with E-state index in [0.717, 1.165) is 12.8 Å². The lowest BCUT2D eigenvalue weighted by atomic mass is 10.00. The molecule has 1 aromatic carbocycles. The van der Waals surface area contributed by atoms with Gasteiger partial charge in [0.25, 0.3) is 0 Å². The van der Waals surface area contributed by atoms with Crippen LogP contribution in [0.4, 0.5) is 0 Å². The fourth-order valence-corrected chi connectivity index (χ4v) is 2.37. The Morgan fingerprint density at radius 3 is 2.76 bits per heavy atom. The minimum atomic E-state index is 0.624. The minimum absolute atomic E-state index is 0.624. The predicted molar refractivity (Wildman–Crippen MR) is 72.0 cm³/mol. The lowest BCUT2D eigenvalue weighted by molar-refractivity contribution is 0.624. The molecule has 17 heavy (non-hydrogen) atoms. The van der Waals surface area contributed by atoms with E-state index >= 15 is 0 Å². The average Bonchev–Trinajstić information content (AvgIpc) is 2.57. The van der Waals surface area contributed by atoms with Crippen LogP contribution in [0, 0.1) is 5.92 Å². The first-order valence-corrected chi connectivity index (χ1v) is 6.27. The number of aryl methyl sites for hydroxylation is 1. The van der Waals surface area contributed by atoms with E-state index < -0.39 is 0 Å². The van der Waals surface area contributed by atoms with E-state index in [2.05, 4.69) is 37.1 Å². The van der Waals surface area contributed by atoms with Crippen molar-refractivity contribution in [1.29, 1.82) is 0 Å². The van der Waals surface area contributed by atoms with Crippen LogP contribution in [-0.4, -0.2) is 16.3 Å². The summed E-state index contributed by atoms with van der Waals surface area (Å²) in [6, 6.07) is 6.39. The Morgan fingerprint density at radius 1 is 1.35 bits per heavy atom. The Hall–Kier alpha value is -1.35. The van der Waals surface area contributed by atoms with E-state index in [1.165, 1.54) is 22.2 Å². The summed E-state index contributed by atoms with van der Waals surface area (Å²) >= 11 is 0. The van der Waals surface area contributed by atoms with Crippen LogP contribution in [0.5, 0.6) is 0 Å². The highest BCUT2D eigenvalue weighted by atomic mass is 15.3. The molecule has 2 aromatic rings. The smallest absolute Gasteiger partial charge is 0.0708 e. The molecule has 0 atom stereocenters. The van der Waals surface area contributed by atoms with Gasteiger partial charge in [-0.05, 0) is 36.9 Å². The molecule has 0 aliphatic rings. The lowest BCUT2D eigenvalue weighted by Crippen LogP contribution is -2.04. The molecule has 2 rings (SSSR count). The maximum Gasteiger partial charge on any atom is 0.0708 e. The minimum Gasteiger partial charge on any atom is -0.330 e. The van der Waals surface area contributed by atoms with E-state index in [0.29, 0.717) is 12.5 Å². The van der Waals surface area contributed by atoms with E-state index in [4.69, 9.17) is 5.73 Å². The molecule has 0 saturated carbocycles. The SMILES string of the molecule is CC(C)Cc1nn(C)c2cccc(CCN)c12. The van der Waals surface area contributed by atoms with Crippen LogP contribution >= 0.6 is 0 Å². The fourth-order valence-electron chi connectivity index (χ4n) is 2.37. The van der Waals surface area contributed by atoms with Gasteiger partial charge in [0.1, 0.15) is 0 Å². The van der Waals surface area contributed by atoms with E-state index in [1.54, 1.807) is 0 Å². The second kappa shape index (κ2) is 4.88. The molecule has 0 saturated heterocycles. The molecule has 0 unspecified atom stereocenters. The summed E-state index contributed by atoms with van der Waals surface area (Å²) in [5, 5.41) is 5.96. The number of fused-ring (bicyclic) bond motifs is 1. The van der Waals surface area contributed by atoms with Gasteiger partial charge in [0, 0.05) is 12.4 Å². The fraction of sp³-hybridized carbons (Fsp3) is 0.500. The monoisotopic (exact) mass is 231 g/mol. The van der Waals surface area contributed by atoms with E-state index in [1.807, 2.05) is 11.7 Å². The molecule has 0 spiro atoms. The average molecular weight is 231 g/mol. The Morgan fingerprint density at radius 2 is 2.12 bits per heavy atom. The van der Waals surface area contributed by atoms with Crippen LogP contribution < -0.4 is 5.73 Å². The van der Waals surface area contributed by atoms with Crippen LogP contribution in [0.2, 0.25) is 0 Å². The highest BCUT2D eigenvalue weighted by Crippen LogP contribution is 2.24. The van der Waals surface area contributed by atoms with Crippen molar-refractivity contribution in [2.75, 3.05) is 6.54 Å². The molecular weight excluding hydrogens is 210 g/mol. The second-order valence-corrected chi connectivity index (χ2v) is 5.02. The number of benzene rings is 1. The first-order valence-electron chi connectivity index (χ1n) is 6.27. The quantitative estimate of drug-likeness (QED) is 0.877. The molecule has 3 heteroatoms. The topological polar surface area (TPSA) is 43.8 Å². The van der Waals surface area contributed by atoms with Crippen LogP contribution in [-0.2, 0) is 19.9 Å². The molecule has 0 aliphatic heterocycles. The van der Waals surface area contributed by atoms with Crippen molar-refractivity contribution in [3.63, 3.8) is 0 Å². The summed E-state index contributed by atoms with van der Waals surface area (Å²) < 4.78 is 1.98. The van der Waals surface area contributed by atoms with Gasteiger partial charge in [0.05, 0.1) is 11.2 Å². The number of hydrogen-bond donors (Lipinski definition) is 1. The molecule has 0 radical (unpaired) electrons. The Labute approximate surface area is 103 Å². The van der Waals surface area contributed by atoms with Crippen LogP contribution in [0.25, 0.3) is 10.9 Å². The van der Waals surface area contributed by atoms with Crippen LogP contribution in [0.1, 0.15) is 25.1 Å². The van der Waals surface area contributed by atoms with Crippen molar-refractivity contribution in [2.45, 2.75) is 26.7 Å². The van der Waals surface area contributed by atoms with Crippen LogP contribution in [0.3, 0.4) is 0 Å². The molecular formula is C14H21N3. The highest BCUT2D eigenvalue weighted by molar-refractivity contribution is 5.85. The maximum absolute atomic E-state index is 5.68. The number of aromatic nitrogens is 2. The summed E-state index contributed by atoms with van der Waals surface area (Å²) in [6.45, 7) is 5.15. The lowest BCUT2D eigenvalue weighted by Gasteiger charge is -2.05. The highest BCUT2D eigenvalue weighted by Gasteiger charge is 2.13. The van der Waals surface area contributed by atoms with E-state index in [9.17, 15) is 0 Å². The summed E-state index contributed by atoms with van der Waals surface area (Å²) in [4.78, 5) is 0.